The molecular weight excluding hydrogens is 334 g/mol. The molecule has 0 atom stereocenters. The van der Waals surface area contributed by atoms with E-state index < -0.39 is 0 Å². The van der Waals surface area contributed by atoms with Crippen molar-refractivity contribution in [3.05, 3.63) is 65.7 Å². The Kier molecular flexibility index (Phi) is 5.79. The molecule has 2 aromatic carbocycles. The lowest BCUT2D eigenvalue weighted by molar-refractivity contribution is -0.113. The van der Waals surface area contributed by atoms with Crippen LogP contribution in [-0.2, 0) is 17.8 Å². The summed E-state index contributed by atoms with van der Waals surface area (Å²) in [6, 6.07) is 17.8. The Hall–Kier alpha value is -2.67. The van der Waals surface area contributed by atoms with Crippen LogP contribution in [0.2, 0.25) is 0 Å². The molecule has 1 N–H and O–H groups in total. The number of hydrogen-bond acceptors (Lipinski definition) is 5. The molecule has 0 radical (unpaired) electrons. The van der Waals surface area contributed by atoms with Gasteiger partial charge in [0.05, 0.1) is 12.3 Å². The number of carbonyl (C=O) groups is 1. The third-order valence-electron chi connectivity index (χ3n) is 3.68. The Labute approximate surface area is 150 Å². The molecule has 0 fully saturated rings. The van der Waals surface area contributed by atoms with Crippen molar-refractivity contribution in [2.24, 2.45) is 0 Å². The molecule has 7 heteroatoms. The van der Waals surface area contributed by atoms with E-state index in [4.69, 9.17) is 0 Å². The van der Waals surface area contributed by atoms with Crippen LogP contribution in [0.25, 0.3) is 0 Å². The summed E-state index contributed by atoms with van der Waals surface area (Å²) in [5.74, 6) is 0.188. The second kappa shape index (κ2) is 8.43. The third-order valence-corrected chi connectivity index (χ3v) is 4.64. The number of nitrogens with one attached hydrogen (secondary N) is 1. The van der Waals surface area contributed by atoms with Crippen LogP contribution in [0.4, 0.5) is 5.69 Å². The molecule has 0 unspecified atom stereocenters. The van der Waals surface area contributed by atoms with E-state index in [-0.39, 0.29) is 11.7 Å². The van der Waals surface area contributed by atoms with Gasteiger partial charge in [-0.15, -0.1) is 5.10 Å². The Morgan fingerprint density at radius 3 is 2.68 bits per heavy atom. The first kappa shape index (κ1) is 17.2. The van der Waals surface area contributed by atoms with Gasteiger partial charge in [-0.3, -0.25) is 4.79 Å². The lowest BCUT2D eigenvalue weighted by atomic mass is 10.1. The molecule has 1 heterocycles. The largest absolute Gasteiger partial charge is 0.325 e. The van der Waals surface area contributed by atoms with Crippen molar-refractivity contribution in [1.29, 1.82) is 0 Å². The highest BCUT2D eigenvalue weighted by atomic mass is 32.2. The molecule has 0 saturated carbocycles. The molecule has 3 aromatic rings. The van der Waals surface area contributed by atoms with E-state index in [1.807, 2.05) is 54.6 Å². The number of thioether (sulfide) groups is 1. The predicted octanol–water partition coefficient (Wildman–Crippen LogP) is 3.01. The lowest BCUT2D eigenvalue weighted by Crippen LogP contribution is -2.16. The van der Waals surface area contributed by atoms with Crippen LogP contribution in [0, 0.1) is 0 Å². The summed E-state index contributed by atoms with van der Waals surface area (Å²) in [6.45, 7) is 2.65. The van der Waals surface area contributed by atoms with Crippen LogP contribution in [-0.4, -0.2) is 31.9 Å². The lowest BCUT2D eigenvalue weighted by Gasteiger charge is -2.09. The highest BCUT2D eigenvalue weighted by Crippen LogP contribution is 2.18. The molecule has 0 aliphatic heterocycles. The molecule has 0 spiro atoms. The van der Waals surface area contributed by atoms with Crippen LogP contribution in [0.1, 0.15) is 18.1 Å². The standard InChI is InChI=1S/C18H19N5OS/c1-2-15-10-6-7-11-16(15)19-17(24)13-25-18-20-21-22-23(18)12-14-8-4-3-5-9-14/h3-11H,2,12-13H2,1H3,(H,19,24). The van der Waals surface area contributed by atoms with Crippen molar-refractivity contribution in [2.75, 3.05) is 11.1 Å². The number of carbonyl (C=O) groups excluding carboxylic acids is 1. The van der Waals surface area contributed by atoms with Crippen molar-refractivity contribution < 1.29 is 4.79 Å². The molecule has 128 valence electrons. The summed E-state index contributed by atoms with van der Waals surface area (Å²) in [7, 11) is 0. The minimum Gasteiger partial charge on any atom is -0.325 e. The summed E-state index contributed by atoms with van der Waals surface area (Å²) >= 11 is 1.33. The molecule has 0 aliphatic rings. The quantitative estimate of drug-likeness (QED) is 0.661. The maximum absolute atomic E-state index is 12.2. The van der Waals surface area contributed by atoms with Gasteiger partial charge in [-0.2, -0.15) is 0 Å². The average molecular weight is 353 g/mol. The van der Waals surface area contributed by atoms with Crippen molar-refractivity contribution in [2.45, 2.75) is 25.0 Å². The number of rotatable bonds is 7. The van der Waals surface area contributed by atoms with Gasteiger partial charge in [-0.1, -0.05) is 67.2 Å². The highest BCUT2D eigenvalue weighted by Gasteiger charge is 2.11. The predicted molar refractivity (Wildman–Crippen MR) is 98.5 cm³/mol. The van der Waals surface area contributed by atoms with Crippen molar-refractivity contribution in [3.8, 4) is 0 Å². The van der Waals surface area contributed by atoms with Gasteiger partial charge in [0.1, 0.15) is 0 Å². The normalized spacial score (nSPS) is 10.6. The summed E-state index contributed by atoms with van der Waals surface area (Å²) in [5.41, 5.74) is 3.09. The van der Waals surface area contributed by atoms with Gasteiger partial charge in [0.15, 0.2) is 0 Å². The monoisotopic (exact) mass is 353 g/mol. The van der Waals surface area contributed by atoms with Crippen molar-refractivity contribution >= 4 is 23.4 Å². The molecule has 6 nitrogen and oxygen atoms in total. The summed E-state index contributed by atoms with van der Waals surface area (Å²) in [5, 5.41) is 15.3. The smallest absolute Gasteiger partial charge is 0.234 e. The van der Waals surface area contributed by atoms with E-state index in [0.717, 1.165) is 23.2 Å². The van der Waals surface area contributed by atoms with Crippen LogP contribution in [0.3, 0.4) is 0 Å². The Morgan fingerprint density at radius 2 is 1.88 bits per heavy atom. The first-order chi connectivity index (χ1) is 12.3. The van der Waals surface area contributed by atoms with E-state index >= 15 is 0 Å². The van der Waals surface area contributed by atoms with E-state index in [1.54, 1.807) is 4.68 Å². The van der Waals surface area contributed by atoms with Gasteiger partial charge >= 0.3 is 0 Å². The number of tetrazole rings is 1. The molecule has 0 bridgehead atoms. The van der Waals surface area contributed by atoms with Gasteiger partial charge in [-0.05, 0) is 34.0 Å². The Morgan fingerprint density at radius 1 is 1.12 bits per heavy atom. The molecule has 25 heavy (non-hydrogen) atoms. The zero-order valence-corrected chi connectivity index (χ0v) is 14.7. The van der Waals surface area contributed by atoms with Crippen molar-refractivity contribution in [3.63, 3.8) is 0 Å². The second-order valence-electron chi connectivity index (χ2n) is 5.45. The van der Waals surface area contributed by atoms with E-state index in [9.17, 15) is 4.79 Å². The molecule has 3 rings (SSSR count). The van der Waals surface area contributed by atoms with Crippen LogP contribution in [0.15, 0.2) is 59.8 Å². The van der Waals surface area contributed by atoms with E-state index in [1.165, 1.54) is 11.8 Å². The van der Waals surface area contributed by atoms with E-state index in [0.29, 0.717) is 11.7 Å². The van der Waals surface area contributed by atoms with Gasteiger partial charge in [0.25, 0.3) is 0 Å². The minimum absolute atomic E-state index is 0.0693. The molecule has 1 aromatic heterocycles. The summed E-state index contributed by atoms with van der Waals surface area (Å²) in [6.07, 6.45) is 0.874. The maximum atomic E-state index is 12.2. The van der Waals surface area contributed by atoms with Crippen LogP contribution >= 0.6 is 11.8 Å². The molecule has 0 aliphatic carbocycles. The first-order valence-corrected chi connectivity index (χ1v) is 9.05. The third kappa shape index (κ3) is 4.67. The molecule has 1 amide bonds. The number of hydrogen-bond donors (Lipinski definition) is 1. The first-order valence-electron chi connectivity index (χ1n) is 8.07. The average Bonchev–Trinajstić information content (AvgIpc) is 3.08. The minimum atomic E-state index is -0.0693. The SMILES string of the molecule is CCc1ccccc1NC(=O)CSc1nnnn1Cc1ccccc1. The zero-order chi connectivity index (χ0) is 17.5. The van der Waals surface area contributed by atoms with Crippen LogP contribution < -0.4 is 5.32 Å². The zero-order valence-electron chi connectivity index (χ0n) is 13.9. The fourth-order valence-electron chi connectivity index (χ4n) is 2.42. The Bertz CT molecular complexity index is 834. The van der Waals surface area contributed by atoms with Gasteiger partial charge in [-0.25, -0.2) is 4.68 Å². The fraction of sp³-hybridized carbons (Fsp3) is 0.222. The van der Waals surface area contributed by atoms with E-state index in [2.05, 4.69) is 27.8 Å². The molecular formula is C18H19N5OS. The summed E-state index contributed by atoms with van der Waals surface area (Å²) < 4.78 is 1.70. The Balaban J connectivity index is 1.59. The second-order valence-corrected chi connectivity index (χ2v) is 6.39. The fourth-order valence-corrected chi connectivity index (χ4v) is 3.10. The van der Waals surface area contributed by atoms with Crippen molar-refractivity contribution in [1.82, 2.24) is 20.2 Å². The van der Waals surface area contributed by atoms with Gasteiger partial charge in [0.2, 0.25) is 11.1 Å². The number of amides is 1. The summed E-state index contributed by atoms with van der Waals surface area (Å²) in [4.78, 5) is 12.2. The topological polar surface area (TPSA) is 72.7 Å². The van der Waals surface area contributed by atoms with Gasteiger partial charge < -0.3 is 5.32 Å². The highest BCUT2D eigenvalue weighted by molar-refractivity contribution is 7.99. The number of benzene rings is 2. The number of para-hydroxylation sites is 1. The molecule has 0 saturated heterocycles. The number of anilines is 1. The van der Waals surface area contributed by atoms with Gasteiger partial charge in [0, 0.05) is 5.69 Å². The number of aryl methyl sites for hydroxylation is 1. The number of nitrogens with zero attached hydrogens (tertiary/aromatic N) is 4. The van der Waals surface area contributed by atoms with Crippen LogP contribution in [0.5, 0.6) is 0 Å². The maximum Gasteiger partial charge on any atom is 0.234 e. The number of aromatic nitrogens is 4.